The lowest BCUT2D eigenvalue weighted by molar-refractivity contribution is -0.658. The van der Waals surface area contributed by atoms with Crippen molar-refractivity contribution >= 4 is 23.7 Å². The standard InChI is InChI=1S/C20H30N4O5/c25-17(13-5-1-9-21-13)22-10-2-6-14(22)18(26)23-11-3-7-15(23)19(27)24-12-4-8-16(24)20(28)29/h13-16,21H,1-12H2,(H,28,29)/t13-,14-,15-,16-/m0/s1. The van der Waals surface area contributed by atoms with E-state index in [-0.39, 0.29) is 23.8 Å². The van der Waals surface area contributed by atoms with E-state index in [2.05, 4.69) is 5.32 Å². The Kier molecular flexibility index (Phi) is 5.76. The van der Waals surface area contributed by atoms with Gasteiger partial charge < -0.3 is 29.9 Å². The Morgan fingerprint density at radius 3 is 1.62 bits per heavy atom. The van der Waals surface area contributed by atoms with E-state index < -0.39 is 24.1 Å². The Bertz CT molecular complexity index is 692. The molecule has 4 saturated heterocycles. The number of amides is 3. The molecule has 4 aliphatic heterocycles. The van der Waals surface area contributed by atoms with Gasteiger partial charge in [-0.15, -0.1) is 0 Å². The second-order valence-corrected chi connectivity index (χ2v) is 8.66. The zero-order chi connectivity index (χ0) is 20.5. The number of nitrogens with two attached hydrogens (primary N) is 1. The molecule has 4 atom stereocenters. The van der Waals surface area contributed by atoms with Crippen molar-refractivity contribution in [2.24, 2.45) is 0 Å². The summed E-state index contributed by atoms with van der Waals surface area (Å²) in [4.78, 5) is 55.4. The molecule has 2 N–H and O–H groups in total. The first-order valence-corrected chi connectivity index (χ1v) is 10.9. The average molecular weight is 406 g/mol. The number of carboxylic acid groups (broad SMARTS) is 1. The van der Waals surface area contributed by atoms with Gasteiger partial charge in [-0.25, -0.2) is 0 Å². The number of carboxylic acids is 1. The van der Waals surface area contributed by atoms with Gasteiger partial charge in [0.05, 0.1) is 18.6 Å². The number of hydrogen-bond acceptors (Lipinski definition) is 5. The third kappa shape index (κ3) is 3.72. The highest BCUT2D eigenvalue weighted by molar-refractivity contribution is 5.94. The first kappa shape index (κ1) is 20.1. The normalized spacial score (nSPS) is 32.2. The molecule has 0 saturated carbocycles. The van der Waals surface area contributed by atoms with Crippen LogP contribution in [0.1, 0.15) is 51.4 Å². The molecule has 0 bridgehead atoms. The lowest BCUT2D eigenvalue weighted by Crippen LogP contribution is -2.89. The molecule has 29 heavy (non-hydrogen) atoms. The predicted octanol–water partition coefficient (Wildman–Crippen LogP) is -2.56. The Labute approximate surface area is 170 Å². The fourth-order valence-electron chi connectivity index (χ4n) is 5.44. The van der Waals surface area contributed by atoms with E-state index in [0.717, 1.165) is 25.8 Å². The van der Waals surface area contributed by atoms with E-state index in [4.69, 9.17) is 0 Å². The van der Waals surface area contributed by atoms with Crippen LogP contribution in [0.3, 0.4) is 0 Å². The summed E-state index contributed by atoms with van der Waals surface area (Å²) in [5.74, 6) is -1.64. The fraction of sp³-hybridized carbons (Fsp3) is 0.800. The van der Waals surface area contributed by atoms with Crippen LogP contribution in [0.25, 0.3) is 0 Å². The van der Waals surface area contributed by atoms with Crippen molar-refractivity contribution in [3.05, 3.63) is 0 Å². The van der Waals surface area contributed by atoms with E-state index in [1.54, 1.807) is 9.80 Å². The Morgan fingerprint density at radius 1 is 0.655 bits per heavy atom. The SMILES string of the molecule is O=C([O-])[C@@H]1CCCN1C(=O)[C@@H]1CCCN1C(=O)[C@@H]1CCCN1C(=O)[C@@H]1CCC[NH2+]1. The van der Waals surface area contributed by atoms with Gasteiger partial charge in [0, 0.05) is 32.5 Å². The number of nitrogens with zero attached hydrogens (tertiary/aromatic N) is 3. The lowest BCUT2D eigenvalue weighted by atomic mass is 10.1. The van der Waals surface area contributed by atoms with Crippen LogP contribution >= 0.6 is 0 Å². The van der Waals surface area contributed by atoms with Gasteiger partial charge >= 0.3 is 0 Å². The van der Waals surface area contributed by atoms with Gasteiger partial charge in [0.2, 0.25) is 11.8 Å². The summed E-state index contributed by atoms with van der Waals surface area (Å²) < 4.78 is 0. The van der Waals surface area contributed by atoms with Crippen LogP contribution in [0.5, 0.6) is 0 Å². The van der Waals surface area contributed by atoms with Crippen LogP contribution in [-0.4, -0.2) is 88.7 Å². The summed E-state index contributed by atoms with van der Waals surface area (Å²) in [7, 11) is 0. The van der Waals surface area contributed by atoms with Crippen LogP contribution in [0.15, 0.2) is 0 Å². The highest BCUT2D eigenvalue weighted by Gasteiger charge is 2.46. The van der Waals surface area contributed by atoms with Crippen molar-refractivity contribution in [1.82, 2.24) is 14.7 Å². The maximum atomic E-state index is 13.3. The summed E-state index contributed by atoms with van der Waals surface area (Å²) >= 11 is 0. The number of hydrogen-bond donors (Lipinski definition) is 1. The molecule has 0 aromatic rings. The van der Waals surface area contributed by atoms with E-state index in [1.165, 1.54) is 4.90 Å². The molecule has 9 heteroatoms. The topological polar surface area (TPSA) is 118 Å². The quantitative estimate of drug-likeness (QED) is 0.551. The minimum atomic E-state index is -1.23. The van der Waals surface area contributed by atoms with Crippen molar-refractivity contribution in [2.75, 3.05) is 26.2 Å². The molecule has 9 nitrogen and oxygen atoms in total. The van der Waals surface area contributed by atoms with E-state index in [1.807, 2.05) is 0 Å². The van der Waals surface area contributed by atoms with E-state index in [9.17, 15) is 24.3 Å². The van der Waals surface area contributed by atoms with Gasteiger partial charge in [-0.3, -0.25) is 14.4 Å². The molecule has 3 amide bonds. The van der Waals surface area contributed by atoms with Gasteiger partial charge in [0.15, 0.2) is 6.04 Å². The number of aliphatic carboxylic acids is 1. The predicted molar refractivity (Wildman–Crippen MR) is 99.0 cm³/mol. The molecule has 4 heterocycles. The summed E-state index contributed by atoms with van der Waals surface area (Å²) in [6, 6.07) is -2.12. The zero-order valence-corrected chi connectivity index (χ0v) is 16.8. The second-order valence-electron chi connectivity index (χ2n) is 8.66. The van der Waals surface area contributed by atoms with Crippen molar-refractivity contribution in [2.45, 2.75) is 75.5 Å². The van der Waals surface area contributed by atoms with Crippen molar-refractivity contribution in [3.63, 3.8) is 0 Å². The Balaban J connectivity index is 1.46. The van der Waals surface area contributed by atoms with Crippen molar-refractivity contribution < 1.29 is 29.6 Å². The maximum Gasteiger partial charge on any atom is 0.281 e. The number of carbonyl (C=O) groups is 4. The fourth-order valence-corrected chi connectivity index (χ4v) is 5.44. The van der Waals surface area contributed by atoms with Gasteiger partial charge in [-0.05, 0) is 38.5 Å². The summed E-state index contributed by atoms with van der Waals surface area (Å²) in [5.41, 5.74) is 0. The molecule has 4 fully saturated rings. The highest BCUT2D eigenvalue weighted by Crippen LogP contribution is 2.28. The molecule has 0 spiro atoms. The summed E-state index contributed by atoms with van der Waals surface area (Å²) in [5, 5.41) is 13.4. The number of likely N-dealkylation sites (tertiary alicyclic amines) is 3. The molecular formula is C20H30N4O5. The van der Waals surface area contributed by atoms with Crippen LogP contribution in [0.4, 0.5) is 0 Å². The number of carbonyl (C=O) groups excluding carboxylic acids is 4. The summed E-state index contributed by atoms with van der Waals surface area (Å²) in [6.07, 6.45) is 5.56. The maximum absolute atomic E-state index is 13.3. The third-order valence-corrected chi connectivity index (χ3v) is 6.94. The van der Waals surface area contributed by atoms with Gasteiger partial charge in [-0.2, -0.15) is 0 Å². The smallest absolute Gasteiger partial charge is 0.281 e. The lowest BCUT2D eigenvalue weighted by Gasteiger charge is -2.34. The molecule has 0 unspecified atom stereocenters. The molecule has 4 rings (SSSR count). The van der Waals surface area contributed by atoms with Gasteiger partial charge in [-0.1, -0.05) is 0 Å². The monoisotopic (exact) mass is 406 g/mol. The number of rotatable bonds is 4. The first-order valence-electron chi connectivity index (χ1n) is 10.9. The van der Waals surface area contributed by atoms with Crippen LogP contribution in [-0.2, 0) is 19.2 Å². The minimum absolute atomic E-state index is 0.0389. The zero-order valence-electron chi connectivity index (χ0n) is 16.8. The minimum Gasteiger partial charge on any atom is -0.548 e. The van der Waals surface area contributed by atoms with Crippen LogP contribution in [0, 0.1) is 0 Å². The van der Waals surface area contributed by atoms with Crippen LogP contribution < -0.4 is 10.4 Å². The number of quaternary nitrogens is 1. The van der Waals surface area contributed by atoms with Crippen molar-refractivity contribution in [1.29, 1.82) is 0 Å². The summed E-state index contributed by atoms with van der Waals surface area (Å²) in [6.45, 7) is 2.40. The Morgan fingerprint density at radius 2 is 1.14 bits per heavy atom. The molecule has 0 aromatic heterocycles. The molecule has 0 radical (unpaired) electrons. The molecule has 0 aromatic carbocycles. The van der Waals surface area contributed by atoms with Gasteiger partial charge in [0.25, 0.3) is 5.91 Å². The van der Waals surface area contributed by atoms with E-state index >= 15 is 0 Å². The average Bonchev–Trinajstić information content (AvgIpc) is 3.50. The third-order valence-electron chi connectivity index (χ3n) is 6.94. The molecule has 0 aliphatic carbocycles. The largest absolute Gasteiger partial charge is 0.548 e. The second kappa shape index (κ2) is 8.30. The first-order chi connectivity index (χ1) is 14.0. The van der Waals surface area contributed by atoms with E-state index in [0.29, 0.717) is 51.7 Å². The molecule has 160 valence electrons. The van der Waals surface area contributed by atoms with Crippen LogP contribution in [0.2, 0.25) is 0 Å². The molecular weight excluding hydrogens is 376 g/mol. The Hall–Kier alpha value is -2.16. The van der Waals surface area contributed by atoms with Gasteiger partial charge in [0.1, 0.15) is 12.1 Å². The van der Waals surface area contributed by atoms with Crippen molar-refractivity contribution in [3.8, 4) is 0 Å². The molecule has 4 aliphatic rings. The highest BCUT2D eigenvalue weighted by atomic mass is 16.4.